The van der Waals surface area contributed by atoms with Gasteiger partial charge in [0.2, 0.25) is 5.91 Å². The molecule has 0 spiro atoms. The summed E-state index contributed by atoms with van der Waals surface area (Å²) in [7, 11) is 1.52. The first-order chi connectivity index (χ1) is 12.9. The number of nitrogens with one attached hydrogen (secondary N) is 2. The van der Waals surface area contributed by atoms with Crippen LogP contribution in [0.3, 0.4) is 0 Å². The minimum absolute atomic E-state index is 0.0395. The summed E-state index contributed by atoms with van der Waals surface area (Å²) < 4.78 is 10.6. The topological polar surface area (TPSA) is 79.9 Å². The van der Waals surface area contributed by atoms with Crippen molar-refractivity contribution in [3.05, 3.63) is 29.8 Å². The van der Waals surface area contributed by atoms with Crippen LogP contribution in [0.15, 0.2) is 24.3 Å². The summed E-state index contributed by atoms with van der Waals surface area (Å²) in [6.07, 6.45) is 0. The van der Waals surface area contributed by atoms with Crippen LogP contribution in [0.25, 0.3) is 0 Å². The van der Waals surface area contributed by atoms with Gasteiger partial charge in [0.15, 0.2) is 0 Å². The van der Waals surface area contributed by atoms with E-state index in [1.54, 1.807) is 24.3 Å². The van der Waals surface area contributed by atoms with E-state index in [1.807, 2.05) is 13.8 Å². The minimum Gasteiger partial charge on any atom is -0.496 e. The SMILES string of the molecule is COc1ccccc1C(=O)NC(C(=O)NCC(C)N1CCOCC1)C(C)C. The number of methoxy groups -OCH3 is 1. The van der Waals surface area contributed by atoms with Crippen LogP contribution in [0.1, 0.15) is 31.1 Å². The van der Waals surface area contributed by atoms with Gasteiger partial charge < -0.3 is 20.1 Å². The summed E-state index contributed by atoms with van der Waals surface area (Å²) in [5.74, 6) is -0.0444. The maximum absolute atomic E-state index is 12.7. The Morgan fingerprint density at radius 3 is 2.48 bits per heavy atom. The molecule has 150 valence electrons. The van der Waals surface area contributed by atoms with Gasteiger partial charge in [0.05, 0.1) is 25.9 Å². The van der Waals surface area contributed by atoms with E-state index in [9.17, 15) is 9.59 Å². The van der Waals surface area contributed by atoms with Crippen LogP contribution in [-0.2, 0) is 9.53 Å². The highest BCUT2D eigenvalue weighted by Gasteiger charge is 2.26. The predicted octanol–water partition coefficient (Wildman–Crippen LogP) is 1.29. The summed E-state index contributed by atoms with van der Waals surface area (Å²) in [4.78, 5) is 27.6. The van der Waals surface area contributed by atoms with Gasteiger partial charge >= 0.3 is 0 Å². The zero-order valence-corrected chi connectivity index (χ0v) is 16.7. The number of morpholine rings is 1. The number of para-hydroxylation sites is 1. The summed E-state index contributed by atoms with van der Waals surface area (Å²) in [5.41, 5.74) is 0.417. The van der Waals surface area contributed by atoms with Crippen LogP contribution in [0.5, 0.6) is 5.75 Å². The molecule has 1 aromatic carbocycles. The third-order valence-electron chi connectivity index (χ3n) is 4.83. The third kappa shape index (κ3) is 5.94. The Balaban J connectivity index is 1.95. The number of benzene rings is 1. The van der Waals surface area contributed by atoms with Crippen molar-refractivity contribution >= 4 is 11.8 Å². The van der Waals surface area contributed by atoms with Gasteiger partial charge in [-0.2, -0.15) is 0 Å². The Morgan fingerprint density at radius 1 is 1.19 bits per heavy atom. The predicted molar refractivity (Wildman–Crippen MR) is 104 cm³/mol. The average Bonchev–Trinajstić information content (AvgIpc) is 2.70. The van der Waals surface area contributed by atoms with E-state index in [1.165, 1.54) is 7.11 Å². The highest BCUT2D eigenvalue weighted by atomic mass is 16.5. The zero-order chi connectivity index (χ0) is 19.8. The average molecular weight is 377 g/mol. The molecule has 1 heterocycles. The summed E-state index contributed by atoms with van der Waals surface area (Å²) in [6.45, 7) is 9.64. The molecule has 0 saturated carbocycles. The normalized spacial score (nSPS) is 17.2. The fourth-order valence-corrected chi connectivity index (χ4v) is 3.09. The zero-order valence-electron chi connectivity index (χ0n) is 16.7. The highest BCUT2D eigenvalue weighted by molar-refractivity contribution is 5.99. The van der Waals surface area contributed by atoms with E-state index in [2.05, 4.69) is 22.5 Å². The largest absolute Gasteiger partial charge is 0.496 e. The lowest BCUT2D eigenvalue weighted by Gasteiger charge is -2.32. The Kier molecular flexibility index (Phi) is 8.06. The molecular formula is C20H31N3O4. The van der Waals surface area contributed by atoms with Crippen molar-refractivity contribution in [1.82, 2.24) is 15.5 Å². The first kappa shape index (κ1) is 21.2. The van der Waals surface area contributed by atoms with Gasteiger partial charge in [-0.05, 0) is 25.0 Å². The lowest BCUT2D eigenvalue weighted by atomic mass is 10.0. The van der Waals surface area contributed by atoms with Crippen molar-refractivity contribution in [2.24, 2.45) is 5.92 Å². The molecule has 0 aliphatic carbocycles. The van der Waals surface area contributed by atoms with Crippen molar-refractivity contribution in [2.45, 2.75) is 32.9 Å². The first-order valence-corrected chi connectivity index (χ1v) is 9.47. The van der Waals surface area contributed by atoms with Crippen LogP contribution in [0.4, 0.5) is 0 Å². The molecular weight excluding hydrogens is 346 g/mol. The van der Waals surface area contributed by atoms with E-state index in [0.29, 0.717) is 17.9 Å². The van der Waals surface area contributed by atoms with Crippen molar-refractivity contribution in [1.29, 1.82) is 0 Å². The molecule has 0 bridgehead atoms. The van der Waals surface area contributed by atoms with E-state index < -0.39 is 6.04 Å². The number of nitrogens with zero attached hydrogens (tertiary/aromatic N) is 1. The molecule has 2 amide bonds. The lowest BCUT2D eigenvalue weighted by molar-refractivity contribution is -0.124. The van der Waals surface area contributed by atoms with Crippen molar-refractivity contribution < 1.29 is 19.1 Å². The van der Waals surface area contributed by atoms with E-state index >= 15 is 0 Å². The molecule has 0 radical (unpaired) electrons. The van der Waals surface area contributed by atoms with Crippen LogP contribution in [-0.4, -0.2) is 68.8 Å². The Labute approximate surface area is 161 Å². The number of rotatable bonds is 8. The van der Waals surface area contributed by atoms with Gasteiger partial charge in [0.25, 0.3) is 5.91 Å². The van der Waals surface area contributed by atoms with Gasteiger partial charge in [-0.1, -0.05) is 26.0 Å². The van der Waals surface area contributed by atoms with Crippen molar-refractivity contribution in [3.63, 3.8) is 0 Å². The molecule has 1 saturated heterocycles. The molecule has 27 heavy (non-hydrogen) atoms. The standard InChI is InChI=1S/C20H31N3O4/c1-14(2)18(22-19(24)16-7-5-6-8-17(16)26-4)20(25)21-13-15(3)23-9-11-27-12-10-23/h5-8,14-15,18H,9-13H2,1-4H3,(H,21,25)(H,22,24). The van der Waals surface area contributed by atoms with E-state index in [4.69, 9.17) is 9.47 Å². The minimum atomic E-state index is -0.612. The van der Waals surface area contributed by atoms with Gasteiger partial charge in [0.1, 0.15) is 11.8 Å². The maximum atomic E-state index is 12.7. The Morgan fingerprint density at radius 2 is 1.85 bits per heavy atom. The van der Waals surface area contributed by atoms with Gasteiger partial charge in [0, 0.05) is 25.7 Å². The number of carbonyl (C=O) groups excluding carboxylic acids is 2. The number of hydrogen-bond donors (Lipinski definition) is 2. The molecule has 1 aliphatic heterocycles. The monoisotopic (exact) mass is 377 g/mol. The van der Waals surface area contributed by atoms with Gasteiger partial charge in [-0.15, -0.1) is 0 Å². The number of hydrogen-bond acceptors (Lipinski definition) is 5. The molecule has 2 N–H and O–H groups in total. The molecule has 1 fully saturated rings. The molecule has 1 aromatic rings. The Hall–Kier alpha value is -2.12. The fourth-order valence-electron chi connectivity index (χ4n) is 3.09. The maximum Gasteiger partial charge on any atom is 0.255 e. The van der Waals surface area contributed by atoms with Crippen molar-refractivity contribution in [2.75, 3.05) is 40.0 Å². The molecule has 2 atom stereocenters. The number of carbonyl (C=O) groups is 2. The number of ether oxygens (including phenoxy) is 2. The van der Waals surface area contributed by atoms with E-state index in [0.717, 1.165) is 26.3 Å². The summed E-state index contributed by atoms with van der Waals surface area (Å²) >= 11 is 0. The van der Waals surface area contributed by atoms with Crippen LogP contribution < -0.4 is 15.4 Å². The summed E-state index contributed by atoms with van der Waals surface area (Å²) in [6, 6.07) is 6.59. The molecule has 7 nitrogen and oxygen atoms in total. The van der Waals surface area contributed by atoms with Crippen LogP contribution in [0.2, 0.25) is 0 Å². The van der Waals surface area contributed by atoms with Gasteiger partial charge in [-0.3, -0.25) is 14.5 Å². The highest BCUT2D eigenvalue weighted by Crippen LogP contribution is 2.17. The second-order valence-electron chi connectivity index (χ2n) is 7.14. The Bertz CT molecular complexity index is 629. The van der Waals surface area contributed by atoms with Crippen LogP contribution in [0, 0.1) is 5.92 Å². The quantitative estimate of drug-likeness (QED) is 0.714. The van der Waals surface area contributed by atoms with Crippen molar-refractivity contribution in [3.8, 4) is 5.75 Å². The molecule has 2 rings (SSSR count). The smallest absolute Gasteiger partial charge is 0.255 e. The lowest BCUT2D eigenvalue weighted by Crippen LogP contribution is -2.53. The van der Waals surface area contributed by atoms with Gasteiger partial charge in [-0.25, -0.2) is 0 Å². The fraction of sp³-hybridized carbons (Fsp3) is 0.600. The first-order valence-electron chi connectivity index (χ1n) is 9.47. The number of amides is 2. The second kappa shape index (κ2) is 10.3. The van der Waals surface area contributed by atoms with E-state index in [-0.39, 0.29) is 23.8 Å². The second-order valence-corrected chi connectivity index (χ2v) is 7.14. The summed E-state index contributed by atoms with van der Waals surface area (Å²) in [5, 5.41) is 5.83. The molecule has 1 aliphatic rings. The van der Waals surface area contributed by atoms with Crippen LogP contribution >= 0.6 is 0 Å². The molecule has 2 unspecified atom stereocenters. The molecule has 7 heteroatoms. The third-order valence-corrected chi connectivity index (χ3v) is 4.83. The molecule has 0 aromatic heterocycles.